The molecule has 0 spiro atoms. The van der Waals surface area contributed by atoms with Gasteiger partial charge in [-0.1, -0.05) is 37.3 Å². The number of anilines is 1. The molecule has 0 aliphatic carbocycles. The quantitative estimate of drug-likeness (QED) is 0.799. The zero-order valence-corrected chi connectivity index (χ0v) is 14.5. The van der Waals surface area contributed by atoms with Gasteiger partial charge in [-0.15, -0.1) is 0 Å². The van der Waals surface area contributed by atoms with Crippen molar-refractivity contribution in [3.63, 3.8) is 0 Å². The molecule has 5 nitrogen and oxygen atoms in total. The summed E-state index contributed by atoms with van der Waals surface area (Å²) < 4.78 is 19.6. The van der Waals surface area contributed by atoms with Crippen LogP contribution in [-0.2, 0) is 21.4 Å². The van der Waals surface area contributed by atoms with Gasteiger partial charge < -0.3 is 9.64 Å². The lowest BCUT2D eigenvalue weighted by Gasteiger charge is -2.40. The maximum absolute atomic E-state index is 14.5. The van der Waals surface area contributed by atoms with Crippen LogP contribution in [0.4, 0.5) is 10.2 Å². The number of rotatable bonds is 4. The molecular weight excluding hydrogens is 321 g/mol. The highest BCUT2D eigenvalue weighted by Gasteiger charge is 2.44. The smallest absolute Gasteiger partial charge is 0.316 e. The summed E-state index contributed by atoms with van der Waals surface area (Å²) in [7, 11) is 1.41. The predicted octanol–water partition coefficient (Wildman–Crippen LogP) is 2.89. The third-order valence-electron chi connectivity index (χ3n) is 5.00. The van der Waals surface area contributed by atoms with Gasteiger partial charge in [0.2, 0.25) is 0 Å². The molecule has 0 saturated carbocycles. The molecule has 6 heteroatoms. The summed E-state index contributed by atoms with van der Waals surface area (Å²) in [5, 5.41) is 0. The monoisotopic (exact) mass is 343 g/mol. The first-order valence-electron chi connectivity index (χ1n) is 8.50. The van der Waals surface area contributed by atoms with Gasteiger partial charge in [-0.05, 0) is 24.8 Å². The van der Waals surface area contributed by atoms with Crippen molar-refractivity contribution in [3.05, 3.63) is 53.7 Å². The Morgan fingerprint density at radius 1 is 1.24 bits per heavy atom. The first-order valence-corrected chi connectivity index (χ1v) is 8.50. The van der Waals surface area contributed by atoms with Crippen LogP contribution in [0.5, 0.6) is 0 Å². The molecule has 132 valence electrons. The number of hydrogen-bond donors (Lipinski definition) is 0. The fourth-order valence-electron chi connectivity index (χ4n) is 3.53. The minimum absolute atomic E-state index is 0.240. The Labute approximate surface area is 146 Å². The molecule has 0 atom stereocenters. The van der Waals surface area contributed by atoms with E-state index in [4.69, 9.17) is 4.74 Å². The van der Waals surface area contributed by atoms with E-state index < -0.39 is 5.41 Å². The van der Waals surface area contributed by atoms with E-state index in [1.54, 1.807) is 0 Å². The molecule has 3 rings (SSSR count). The molecule has 0 bridgehead atoms. The summed E-state index contributed by atoms with van der Waals surface area (Å²) in [6.45, 7) is 2.92. The second-order valence-corrected chi connectivity index (χ2v) is 6.24. The molecule has 1 aliphatic rings. The van der Waals surface area contributed by atoms with Crippen LogP contribution in [0.25, 0.3) is 0 Å². The topological polar surface area (TPSA) is 55.3 Å². The Kier molecular flexibility index (Phi) is 4.97. The van der Waals surface area contributed by atoms with Gasteiger partial charge in [-0.2, -0.15) is 0 Å². The van der Waals surface area contributed by atoms with E-state index in [2.05, 4.69) is 9.97 Å². The fourth-order valence-corrected chi connectivity index (χ4v) is 3.53. The van der Waals surface area contributed by atoms with Gasteiger partial charge in [0.25, 0.3) is 0 Å². The normalized spacial score (nSPS) is 16.5. The zero-order valence-electron chi connectivity index (χ0n) is 14.5. The van der Waals surface area contributed by atoms with Gasteiger partial charge in [0, 0.05) is 13.1 Å². The maximum Gasteiger partial charge on any atom is 0.316 e. The highest BCUT2D eigenvalue weighted by atomic mass is 19.1. The summed E-state index contributed by atoms with van der Waals surface area (Å²) in [5.74, 6) is -0.288. The van der Waals surface area contributed by atoms with Crippen molar-refractivity contribution in [3.8, 4) is 0 Å². The van der Waals surface area contributed by atoms with Crippen molar-refractivity contribution < 1.29 is 13.9 Å². The van der Waals surface area contributed by atoms with E-state index in [0.717, 1.165) is 5.56 Å². The number of halogens is 1. The molecule has 1 aliphatic heterocycles. The number of ether oxygens (including phenoxy) is 1. The first-order chi connectivity index (χ1) is 12.1. The molecule has 0 N–H and O–H groups in total. The van der Waals surface area contributed by atoms with Crippen LogP contribution in [0.15, 0.2) is 36.7 Å². The molecule has 1 aromatic heterocycles. The van der Waals surface area contributed by atoms with Crippen molar-refractivity contribution in [1.82, 2.24) is 9.97 Å². The van der Waals surface area contributed by atoms with E-state index >= 15 is 0 Å². The van der Waals surface area contributed by atoms with Crippen LogP contribution < -0.4 is 4.90 Å². The number of piperidine rings is 1. The number of nitrogens with zero attached hydrogens (tertiary/aromatic N) is 3. The van der Waals surface area contributed by atoms with E-state index in [0.29, 0.717) is 43.9 Å². The average Bonchev–Trinajstić information content (AvgIpc) is 2.68. The second kappa shape index (κ2) is 7.17. The van der Waals surface area contributed by atoms with Gasteiger partial charge in [-0.25, -0.2) is 14.4 Å². The fraction of sp³-hybridized carbons (Fsp3) is 0.421. The summed E-state index contributed by atoms with van der Waals surface area (Å²) in [4.78, 5) is 22.6. The van der Waals surface area contributed by atoms with Crippen LogP contribution in [-0.4, -0.2) is 36.1 Å². The molecule has 1 fully saturated rings. The van der Waals surface area contributed by atoms with Gasteiger partial charge in [0.1, 0.15) is 6.33 Å². The largest absolute Gasteiger partial charge is 0.468 e. The number of carbonyl (C=O) groups excluding carboxylic acids is 1. The van der Waals surface area contributed by atoms with Crippen molar-refractivity contribution in [2.75, 3.05) is 25.1 Å². The van der Waals surface area contributed by atoms with Crippen LogP contribution in [0, 0.1) is 5.82 Å². The Morgan fingerprint density at radius 2 is 1.92 bits per heavy atom. The molecule has 25 heavy (non-hydrogen) atoms. The SMILES string of the molecule is CCc1ncnc(N2CCC(C(=O)OC)(c3ccccc3)CC2)c1F. The van der Waals surface area contributed by atoms with Crippen molar-refractivity contribution in [1.29, 1.82) is 0 Å². The molecule has 0 unspecified atom stereocenters. The molecule has 2 aromatic rings. The minimum atomic E-state index is -0.691. The highest BCUT2D eigenvalue weighted by Crippen LogP contribution is 2.38. The van der Waals surface area contributed by atoms with E-state index in [1.807, 2.05) is 42.2 Å². The Morgan fingerprint density at radius 3 is 2.52 bits per heavy atom. The lowest BCUT2D eigenvalue weighted by molar-refractivity contribution is -0.148. The van der Waals surface area contributed by atoms with E-state index in [-0.39, 0.29) is 11.8 Å². The number of esters is 1. The number of benzene rings is 1. The average molecular weight is 343 g/mol. The zero-order chi connectivity index (χ0) is 17.9. The summed E-state index contributed by atoms with van der Waals surface area (Å²) >= 11 is 0. The van der Waals surface area contributed by atoms with E-state index in [1.165, 1.54) is 13.4 Å². The lowest BCUT2D eigenvalue weighted by atomic mass is 9.72. The summed E-state index contributed by atoms with van der Waals surface area (Å²) in [6, 6.07) is 9.67. The third-order valence-corrected chi connectivity index (χ3v) is 5.00. The van der Waals surface area contributed by atoms with E-state index in [9.17, 15) is 9.18 Å². The third kappa shape index (κ3) is 3.08. The Hall–Kier alpha value is -2.50. The number of methoxy groups -OCH3 is 1. The van der Waals surface area contributed by atoms with Crippen molar-refractivity contribution in [2.24, 2.45) is 0 Å². The van der Waals surface area contributed by atoms with Gasteiger partial charge >= 0.3 is 5.97 Å². The number of aromatic nitrogens is 2. The minimum Gasteiger partial charge on any atom is -0.468 e. The number of carbonyl (C=O) groups is 1. The molecule has 1 saturated heterocycles. The number of aryl methyl sites for hydroxylation is 1. The predicted molar refractivity (Wildman–Crippen MR) is 93.0 cm³/mol. The lowest BCUT2D eigenvalue weighted by Crippen LogP contribution is -2.48. The van der Waals surface area contributed by atoms with Gasteiger partial charge in [0.15, 0.2) is 11.6 Å². The molecular formula is C19H22FN3O2. The van der Waals surface area contributed by atoms with Crippen molar-refractivity contribution >= 4 is 11.8 Å². The van der Waals surface area contributed by atoms with Crippen LogP contribution >= 0.6 is 0 Å². The van der Waals surface area contributed by atoms with Gasteiger partial charge in [0.05, 0.1) is 18.2 Å². The Balaban J connectivity index is 1.87. The molecule has 2 heterocycles. The van der Waals surface area contributed by atoms with Gasteiger partial charge in [-0.3, -0.25) is 4.79 Å². The summed E-state index contributed by atoms with van der Waals surface area (Å²) in [5.41, 5.74) is 0.667. The highest BCUT2D eigenvalue weighted by molar-refractivity contribution is 5.83. The molecule has 1 aromatic carbocycles. The summed E-state index contributed by atoms with van der Waals surface area (Å²) in [6.07, 6.45) is 3.02. The van der Waals surface area contributed by atoms with Crippen LogP contribution in [0.3, 0.4) is 0 Å². The maximum atomic E-state index is 14.5. The molecule has 0 radical (unpaired) electrons. The van der Waals surface area contributed by atoms with Crippen LogP contribution in [0.2, 0.25) is 0 Å². The van der Waals surface area contributed by atoms with Crippen molar-refractivity contribution in [2.45, 2.75) is 31.6 Å². The first kappa shape index (κ1) is 17.3. The Bertz CT molecular complexity index is 744. The standard InChI is InChI=1S/C19H22FN3O2/c1-3-15-16(20)17(22-13-21-15)23-11-9-19(10-12-23,18(24)25-2)14-7-5-4-6-8-14/h4-8,13H,3,9-12H2,1-2H3. The second-order valence-electron chi connectivity index (χ2n) is 6.24. The molecule has 0 amide bonds. The number of hydrogen-bond acceptors (Lipinski definition) is 5. The van der Waals surface area contributed by atoms with Crippen LogP contribution in [0.1, 0.15) is 31.0 Å².